The van der Waals surface area contributed by atoms with Gasteiger partial charge in [0.05, 0.1) is 0 Å². The summed E-state index contributed by atoms with van der Waals surface area (Å²) in [6.07, 6.45) is -3.78. The van der Waals surface area contributed by atoms with Gasteiger partial charge in [0.1, 0.15) is 0 Å². The number of likely N-dealkylation sites (tertiary alicyclic amines) is 1. The van der Waals surface area contributed by atoms with Crippen LogP contribution in [0.1, 0.15) is 32.6 Å². The molecule has 1 saturated carbocycles. The van der Waals surface area contributed by atoms with E-state index in [2.05, 4.69) is 6.92 Å². The molecule has 3 nitrogen and oxygen atoms in total. The molecule has 18 heavy (non-hydrogen) atoms. The average Bonchev–Trinajstić information content (AvgIpc) is 2.23. The van der Waals surface area contributed by atoms with Gasteiger partial charge in [-0.3, -0.25) is 4.79 Å². The van der Waals surface area contributed by atoms with E-state index in [9.17, 15) is 23.1 Å². The molecule has 0 radical (unpaired) electrons. The zero-order chi connectivity index (χ0) is 13.6. The van der Waals surface area contributed by atoms with Crippen LogP contribution in [0.3, 0.4) is 0 Å². The van der Waals surface area contributed by atoms with Crippen LogP contribution in [0.2, 0.25) is 0 Å². The molecule has 0 bridgehead atoms. The molecule has 1 heterocycles. The van der Waals surface area contributed by atoms with Crippen molar-refractivity contribution in [3.63, 3.8) is 0 Å². The number of piperidine rings is 1. The largest absolute Gasteiger partial charge is 0.417 e. The number of aliphatic hydroxyl groups is 1. The van der Waals surface area contributed by atoms with Crippen LogP contribution in [0.15, 0.2) is 0 Å². The van der Waals surface area contributed by atoms with Crippen LogP contribution in [0.25, 0.3) is 0 Å². The second-order valence-electron chi connectivity index (χ2n) is 5.64. The minimum Gasteiger partial charge on any atom is -0.380 e. The molecule has 0 spiro atoms. The van der Waals surface area contributed by atoms with Crippen molar-refractivity contribution in [3.8, 4) is 0 Å². The maximum Gasteiger partial charge on any atom is 0.417 e. The van der Waals surface area contributed by atoms with Crippen molar-refractivity contribution >= 4 is 5.91 Å². The summed E-state index contributed by atoms with van der Waals surface area (Å²) in [5.74, 6) is -0.316. The molecule has 0 atom stereocenters. The summed E-state index contributed by atoms with van der Waals surface area (Å²) in [5, 5.41) is 9.31. The highest BCUT2D eigenvalue weighted by atomic mass is 19.4. The summed E-state index contributed by atoms with van der Waals surface area (Å²) in [6, 6.07) is 0. The molecule has 1 aliphatic heterocycles. The molecule has 1 N–H and O–H groups in total. The fraction of sp³-hybridized carbons (Fsp3) is 0.917. The zero-order valence-corrected chi connectivity index (χ0v) is 10.3. The van der Waals surface area contributed by atoms with E-state index in [0.29, 0.717) is 19.0 Å². The van der Waals surface area contributed by atoms with Crippen molar-refractivity contribution in [1.29, 1.82) is 0 Å². The van der Waals surface area contributed by atoms with Crippen molar-refractivity contribution < 1.29 is 23.1 Å². The Morgan fingerprint density at radius 2 is 1.78 bits per heavy atom. The Balaban J connectivity index is 1.87. The third-order valence-corrected chi connectivity index (χ3v) is 4.14. The first-order chi connectivity index (χ1) is 8.23. The second kappa shape index (κ2) is 4.40. The molecular weight excluding hydrogens is 247 g/mol. The number of carbonyl (C=O) groups excluding carboxylic acids is 1. The van der Waals surface area contributed by atoms with Crippen LogP contribution in [-0.2, 0) is 4.79 Å². The van der Waals surface area contributed by atoms with Gasteiger partial charge >= 0.3 is 6.18 Å². The van der Waals surface area contributed by atoms with Crippen molar-refractivity contribution in [1.82, 2.24) is 4.90 Å². The molecule has 0 aromatic heterocycles. The van der Waals surface area contributed by atoms with E-state index < -0.39 is 30.5 Å². The fourth-order valence-corrected chi connectivity index (χ4v) is 2.65. The standard InChI is InChI=1S/C12H18F3NO2/c1-8-2-4-16(5-3-8)10(17)9-6-11(18,7-9)12(13,14)15/h8-9,18H,2-7H2,1H3. The molecule has 104 valence electrons. The monoisotopic (exact) mass is 265 g/mol. The molecule has 2 rings (SSSR count). The van der Waals surface area contributed by atoms with E-state index in [1.54, 1.807) is 4.90 Å². The third kappa shape index (κ3) is 2.35. The molecule has 1 saturated heterocycles. The Bertz CT molecular complexity index is 329. The summed E-state index contributed by atoms with van der Waals surface area (Å²) < 4.78 is 37.3. The average molecular weight is 265 g/mol. The van der Waals surface area contributed by atoms with E-state index in [1.165, 1.54) is 0 Å². The van der Waals surface area contributed by atoms with Gasteiger partial charge in [-0.2, -0.15) is 13.2 Å². The summed E-state index contributed by atoms with van der Waals surface area (Å²) >= 11 is 0. The van der Waals surface area contributed by atoms with Gasteiger partial charge in [-0.25, -0.2) is 0 Å². The number of rotatable bonds is 1. The fourth-order valence-electron chi connectivity index (χ4n) is 2.65. The van der Waals surface area contributed by atoms with E-state index in [1.807, 2.05) is 0 Å². The number of nitrogens with zero attached hydrogens (tertiary/aromatic N) is 1. The first-order valence-electron chi connectivity index (χ1n) is 6.31. The zero-order valence-electron chi connectivity index (χ0n) is 10.3. The van der Waals surface area contributed by atoms with E-state index in [-0.39, 0.29) is 5.91 Å². The van der Waals surface area contributed by atoms with Gasteiger partial charge < -0.3 is 10.0 Å². The summed E-state index contributed by atoms with van der Waals surface area (Å²) in [4.78, 5) is 13.6. The Kier molecular flexibility index (Phi) is 3.34. The first-order valence-corrected chi connectivity index (χ1v) is 6.31. The number of halogens is 3. The molecule has 2 aliphatic rings. The van der Waals surface area contributed by atoms with Crippen molar-refractivity contribution in [3.05, 3.63) is 0 Å². The lowest BCUT2D eigenvalue weighted by Gasteiger charge is -2.45. The van der Waals surface area contributed by atoms with Crippen LogP contribution < -0.4 is 0 Å². The highest BCUT2D eigenvalue weighted by Crippen LogP contribution is 2.49. The Morgan fingerprint density at radius 3 is 2.22 bits per heavy atom. The quantitative estimate of drug-likeness (QED) is 0.787. The molecule has 0 aromatic carbocycles. The molecule has 6 heteroatoms. The molecule has 1 aliphatic carbocycles. The second-order valence-corrected chi connectivity index (χ2v) is 5.64. The van der Waals surface area contributed by atoms with Gasteiger partial charge in [0, 0.05) is 19.0 Å². The molecule has 2 fully saturated rings. The van der Waals surface area contributed by atoms with Gasteiger partial charge in [0.15, 0.2) is 5.60 Å². The number of amides is 1. The van der Waals surface area contributed by atoms with E-state index in [4.69, 9.17) is 0 Å². The minimum atomic E-state index is -4.62. The number of hydrogen-bond acceptors (Lipinski definition) is 2. The number of carbonyl (C=O) groups is 1. The van der Waals surface area contributed by atoms with Crippen LogP contribution >= 0.6 is 0 Å². The predicted molar refractivity (Wildman–Crippen MR) is 58.7 cm³/mol. The van der Waals surface area contributed by atoms with Crippen molar-refractivity contribution in [2.75, 3.05) is 13.1 Å². The smallest absolute Gasteiger partial charge is 0.380 e. The van der Waals surface area contributed by atoms with Gasteiger partial charge in [-0.15, -0.1) is 0 Å². The summed E-state index contributed by atoms with van der Waals surface area (Å²) in [6.45, 7) is 3.36. The maximum atomic E-state index is 12.4. The Labute approximate surface area is 104 Å². The lowest BCUT2D eigenvalue weighted by molar-refractivity contribution is -0.296. The highest BCUT2D eigenvalue weighted by Gasteiger charge is 2.63. The maximum absolute atomic E-state index is 12.4. The Hall–Kier alpha value is -0.780. The van der Waals surface area contributed by atoms with Gasteiger partial charge in [-0.05, 0) is 31.6 Å². The molecule has 0 unspecified atom stereocenters. The van der Waals surface area contributed by atoms with Crippen molar-refractivity contribution in [2.45, 2.75) is 44.4 Å². The molecule has 0 aromatic rings. The lowest BCUT2D eigenvalue weighted by atomic mass is 9.69. The van der Waals surface area contributed by atoms with Crippen LogP contribution in [0.5, 0.6) is 0 Å². The SMILES string of the molecule is CC1CCN(C(=O)C2CC(O)(C(F)(F)F)C2)CC1. The van der Waals surface area contributed by atoms with E-state index in [0.717, 1.165) is 12.8 Å². The number of alkyl halides is 3. The summed E-state index contributed by atoms with van der Waals surface area (Å²) in [7, 11) is 0. The van der Waals surface area contributed by atoms with Crippen LogP contribution in [0.4, 0.5) is 13.2 Å². The van der Waals surface area contributed by atoms with E-state index >= 15 is 0 Å². The summed E-state index contributed by atoms with van der Waals surface area (Å²) in [5.41, 5.74) is -2.64. The van der Waals surface area contributed by atoms with Gasteiger partial charge in [0.25, 0.3) is 0 Å². The topological polar surface area (TPSA) is 40.5 Å². The van der Waals surface area contributed by atoms with Crippen molar-refractivity contribution in [2.24, 2.45) is 11.8 Å². The predicted octanol–water partition coefficient (Wildman–Crippen LogP) is 1.95. The van der Waals surface area contributed by atoms with Gasteiger partial charge in [-0.1, -0.05) is 6.92 Å². The Morgan fingerprint density at radius 1 is 1.28 bits per heavy atom. The highest BCUT2D eigenvalue weighted by molar-refractivity contribution is 5.80. The van der Waals surface area contributed by atoms with Crippen LogP contribution in [-0.4, -0.2) is 40.8 Å². The lowest BCUT2D eigenvalue weighted by Crippen LogP contribution is -2.59. The normalized spacial score (nSPS) is 34.3. The third-order valence-electron chi connectivity index (χ3n) is 4.14. The van der Waals surface area contributed by atoms with Crippen LogP contribution in [0, 0.1) is 11.8 Å². The number of hydrogen-bond donors (Lipinski definition) is 1. The molecule has 1 amide bonds. The molecular formula is C12H18F3NO2. The first kappa shape index (κ1) is 13.6. The minimum absolute atomic E-state index is 0.226. The van der Waals surface area contributed by atoms with Gasteiger partial charge in [0.2, 0.25) is 5.91 Å².